The zero-order valence-corrected chi connectivity index (χ0v) is 19.5. The van der Waals surface area contributed by atoms with Gasteiger partial charge in [0.2, 0.25) is 11.8 Å². The number of anilines is 1. The van der Waals surface area contributed by atoms with E-state index in [2.05, 4.69) is 11.8 Å². The van der Waals surface area contributed by atoms with Crippen LogP contribution in [0.5, 0.6) is 0 Å². The Morgan fingerprint density at radius 1 is 0.938 bits per heavy atom. The second-order valence-electron chi connectivity index (χ2n) is 10.3. The van der Waals surface area contributed by atoms with Crippen LogP contribution < -0.4 is 4.90 Å². The number of piperidine rings is 1. The van der Waals surface area contributed by atoms with Crippen molar-refractivity contribution in [3.8, 4) is 0 Å². The Bertz CT molecular complexity index is 868. The van der Waals surface area contributed by atoms with Crippen LogP contribution in [0.1, 0.15) is 80.8 Å². The van der Waals surface area contributed by atoms with E-state index < -0.39 is 0 Å². The van der Waals surface area contributed by atoms with Crippen LogP contribution in [0.3, 0.4) is 0 Å². The molecule has 0 unspecified atom stereocenters. The molecule has 5 rings (SSSR count). The van der Waals surface area contributed by atoms with Crippen LogP contribution in [0.2, 0.25) is 0 Å². The predicted molar refractivity (Wildman–Crippen MR) is 124 cm³/mol. The summed E-state index contributed by atoms with van der Waals surface area (Å²) in [7, 11) is 0. The molecule has 3 aliphatic heterocycles. The molecule has 1 aliphatic carbocycles. The zero-order valence-electron chi connectivity index (χ0n) is 19.5. The molecule has 4 aliphatic rings. The van der Waals surface area contributed by atoms with Gasteiger partial charge in [-0.2, -0.15) is 0 Å². The largest absolute Gasteiger partial charge is 0.356 e. The van der Waals surface area contributed by atoms with E-state index in [0.29, 0.717) is 19.5 Å². The van der Waals surface area contributed by atoms with Crippen molar-refractivity contribution in [2.75, 3.05) is 44.2 Å². The maximum atomic E-state index is 13.1. The number of aryl methyl sites for hydroxylation is 1. The van der Waals surface area contributed by atoms with Crippen molar-refractivity contribution >= 4 is 17.6 Å². The quantitative estimate of drug-likeness (QED) is 0.705. The number of hydrogen-bond acceptors (Lipinski definition) is 5. The molecule has 0 spiro atoms. The fourth-order valence-electron chi connectivity index (χ4n) is 5.56. The zero-order chi connectivity index (χ0) is 22.1. The lowest BCUT2D eigenvalue weighted by Gasteiger charge is -2.35. The number of fused-ring (bicyclic) bond motifs is 1. The summed E-state index contributed by atoms with van der Waals surface area (Å²) >= 11 is 0. The molecular formula is C25H37N5O2. The SMILES string of the molecule is Cc1nc([C@H]2CCCN(C(=O)CN3CCCCCC3=O)C2)nc2c1CCCN2CC1CC1. The first-order valence-corrected chi connectivity index (χ1v) is 12.8. The lowest BCUT2D eigenvalue weighted by molar-refractivity contribution is -0.140. The topological polar surface area (TPSA) is 69.6 Å². The smallest absolute Gasteiger partial charge is 0.242 e. The lowest BCUT2D eigenvalue weighted by Crippen LogP contribution is -2.46. The molecule has 1 aromatic heterocycles. The van der Waals surface area contributed by atoms with Crippen molar-refractivity contribution in [1.82, 2.24) is 19.8 Å². The van der Waals surface area contributed by atoms with Crippen molar-refractivity contribution in [2.24, 2.45) is 5.92 Å². The summed E-state index contributed by atoms with van der Waals surface area (Å²) in [6, 6.07) is 0. The van der Waals surface area contributed by atoms with Gasteiger partial charge < -0.3 is 14.7 Å². The number of likely N-dealkylation sites (tertiary alicyclic amines) is 2. The Kier molecular flexibility index (Phi) is 6.33. The minimum atomic E-state index is 0.0787. The predicted octanol–water partition coefficient (Wildman–Crippen LogP) is 3.06. The maximum absolute atomic E-state index is 13.1. The van der Waals surface area contributed by atoms with Gasteiger partial charge >= 0.3 is 0 Å². The van der Waals surface area contributed by atoms with Crippen LogP contribution >= 0.6 is 0 Å². The van der Waals surface area contributed by atoms with E-state index in [9.17, 15) is 9.59 Å². The minimum absolute atomic E-state index is 0.0787. The number of aromatic nitrogens is 2. The molecule has 0 N–H and O–H groups in total. The molecule has 2 amide bonds. The number of carbonyl (C=O) groups excluding carboxylic acids is 2. The first kappa shape index (κ1) is 21.7. The van der Waals surface area contributed by atoms with Gasteiger partial charge in [0.1, 0.15) is 11.6 Å². The maximum Gasteiger partial charge on any atom is 0.242 e. The molecule has 0 radical (unpaired) electrons. The minimum Gasteiger partial charge on any atom is -0.356 e. The number of amides is 2. The summed E-state index contributed by atoms with van der Waals surface area (Å²) in [6.07, 6.45) is 10.5. The average molecular weight is 440 g/mol. The van der Waals surface area contributed by atoms with E-state index in [-0.39, 0.29) is 24.3 Å². The molecule has 1 atom stereocenters. The van der Waals surface area contributed by atoms with E-state index in [1.54, 1.807) is 4.90 Å². The molecule has 4 heterocycles. The highest BCUT2D eigenvalue weighted by molar-refractivity contribution is 5.85. The Hall–Kier alpha value is -2.18. The lowest BCUT2D eigenvalue weighted by atomic mass is 9.96. The second-order valence-corrected chi connectivity index (χ2v) is 10.3. The Morgan fingerprint density at radius 3 is 2.62 bits per heavy atom. The number of hydrogen-bond donors (Lipinski definition) is 0. The highest BCUT2D eigenvalue weighted by Crippen LogP contribution is 2.36. The second kappa shape index (κ2) is 9.36. The molecular weight excluding hydrogens is 402 g/mol. The molecule has 1 aromatic rings. The van der Waals surface area contributed by atoms with E-state index in [1.165, 1.54) is 24.8 Å². The van der Waals surface area contributed by atoms with Crippen LogP contribution in [0.25, 0.3) is 0 Å². The van der Waals surface area contributed by atoms with Gasteiger partial charge in [0, 0.05) is 56.3 Å². The molecule has 32 heavy (non-hydrogen) atoms. The van der Waals surface area contributed by atoms with Gasteiger partial charge in [-0.3, -0.25) is 9.59 Å². The summed E-state index contributed by atoms with van der Waals surface area (Å²) in [5, 5.41) is 0. The molecule has 1 saturated carbocycles. The van der Waals surface area contributed by atoms with E-state index in [4.69, 9.17) is 9.97 Å². The summed E-state index contributed by atoms with van der Waals surface area (Å²) in [6.45, 7) is 6.73. The third kappa shape index (κ3) is 4.76. The molecule has 7 nitrogen and oxygen atoms in total. The van der Waals surface area contributed by atoms with Gasteiger partial charge in [0.15, 0.2) is 0 Å². The summed E-state index contributed by atoms with van der Waals surface area (Å²) < 4.78 is 0. The molecule has 0 bridgehead atoms. The highest BCUT2D eigenvalue weighted by atomic mass is 16.2. The number of nitrogens with zero attached hydrogens (tertiary/aromatic N) is 5. The van der Waals surface area contributed by atoms with Crippen LogP contribution in [-0.4, -0.2) is 70.9 Å². The fourth-order valence-corrected chi connectivity index (χ4v) is 5.56. The highest BCUT2D eigenvalue weighted by Gasteiger charge is 2.32. The monoisotopic (exact) mass is 439 g/mol. The van der Waals surface area contributed by atoms with Crippen molar-refractivity contribution in [2.45, 2.75) is 77.0 Å². The van der Waals surface area contributed by atoms with Crippen molar-refractivity contribution in [1.29, 1.82) is 0 Å². The average Bonchev–Trinajstić information content (AvgIpc) is 3.64. The van der Waals surface area contributed by atoms with Gasteiger partial charge in [-0.15, -0.1) is 0 Å². The van der Waals surface area contributed by atoms with Gasteiger partial charge in [-0.05, 0) is 64.2 Å². The van der Waals surface area contributed by atoms with Crippen LogP contribution in [0.4, 0.5) is 5.82 Å². The van der Waals surface area contributed by atoms with Gasteiger partial charge in [0.25, 0.3) is 0 Å². The standard InChI is InChI=1S/C25H37N5O2/c1-18-21-8-6-14-30(15-19-10-11-19)25(21)27-24(26-18)20-7-5-13-28(16-20)23(32)17-29-12-4-2-3-9-22(29)31/h19-20H,2-17H2,1H3/t20-/m0/s1. The van der Waals surface area contributed by atoms with Crippen molar-refractivity contribution in [3.63, 3.8) is 0 Å². The first-order valence-electron chi connectivity index (χ1n) is 12.8. The van der Waals surface area contributed by atoms with Crippen LogP contribution in [-0.2, 0) is 16.0 Å². The molecule has 174 valence electrons. The Balaban J connectivity index is 1.29. The third-order valence-electron chi connectivity index (χ3n) is 7.68. The van der Waals surface area contributed by atoms with Crippen LogP contribution in [0, 0.1) is 12.8 Å². The normalized spacial score (nSPS) is 24.3. The summed E-state index contributed by atoms with van der Waals surface area (Å²) in [5.74, 6) is 3.30. The number of carbonyl (C=O) groups is 2. The summed E-state index contributed by atoms with van der Waals surface area (Å²) in [5.41, 5.74) is 2.44. The molecule has 3 fully saturated rings. The molecule has 2 saturated heterocycles. The molecule has 7 heteroatoms. The Morgan fingerprint density at radius 2 is 1.78 bits per heavy atom. The number of rotatable bonds is 5. The van der Waals surface area contributed by atoms with E-state index in [1.807, 2.05) is 4.90 Å². The fraction of sp³-hybridized carbons (Fsp3) is 0.760. The Labute approximate surface area is 191 Å². The van der Waals surface area contributed by atoms with Gasteiger partial charge in [-0.1, -0.05) is 6.42 Å². The van der Waals surface area contributed by atoms with Crippen molar-refractivity contribution < 1.29 is 9.59 Å². The van der Waals surface area contributed by atoms with E-state index in [0.717, 1.165) is 81.4 Å². The van der Waals surface area contributed by atoms with Crippen molar-refractivity contribution in [3.05, 3.63) is 17.1 Å². The third-order valence-corrected chi connectivity index (χ3v) is 7.68. The summed E-state index contributed by atoms with van der Waals surface area (Å²) in [4.78, 5) is 41.7. The first-order chi connectivity index (χ1) is 15.6. The van der Waals surface area contributed by atoms with E-state index >= 15 is 0 Å². The molecule has 0 aromatic carbocycles. The van der Waals surface area contributed by atoms with Gasteiger partial charge in [-0.25, -0.2) is 9.97 Å². The van der Waals surface area contributed by atoms with Gasteiger partial charge in [0.05, 0.1) is 6.54 Å². The van der Waals surface area contributed by atoms with Crippen LogP contribution in [0.15, 0.2) is 0 Å².